The molecule has 0 radical (unpaired) electrons. The van der Waals surface area contributed by atoms with Crippen LogP contribution in [0.1, 0.15) is 23.6 Å². The highest BCUT2D eigenvalue weighted by atomic mass is 32.1. The number of fused-ring (bicyclic) bond motifs is 1. The highest BCUT2D eigenvalue weighted by Gasteiger charge is 2.37. The van der Waals surface area contributed by atoms with Crippen molar-refractivity contribution in [2.45, 2.75) is 12.3 Å². The van der Waals surface area contributed by atoms with Crippen molar-refractivity contribution < 1.29 is 0 Å². The molecule has 1 aliphatic rings. The van der Waals surface area contributed by atoms with Gasteiger partial charge in [-0.15, -0.1) is 0 Å². The van der Waals surface area contributed by atoms with E-state index in [1.54, 1.807) is 0 Å². The molecule has 0 aliphatic carbocycles. The molecule has 0 spiro atoms. The number of hydrogen-bond donors (Lipinski definition) is 0. The Morgan fingerprint density at radius 2 is 1.63 bits per heavy atom. The normalized spacial score (nSPS) is 22.2. The number of nitrogens with zero attached hydrogens (tertiary/aromatic N) is 1. The first-order valence-corrected chi connectivity index (χ1v) is 6.94. The van der Waals surface area contributed by atoms with Gasteiger partial charge in [0.15, 0.2) is 0 Å². The number of rotatable bonds is 1. The van der Waals surface area contributed by atoms with Crippen molar-refractivity contribution in [1.82, 2.24) is 4.90 Å². The van der Waals surface area contributed by atoms with Crippen LogP contribution in [0.3, 0.4) is 0 Å². The second-order valence-corrected chi connectivity index (χ2v) is 5.79. The van der Waals surface area contributed by atoms with Gasteiger partial charge in [0, 0.05) is 24.6 Å². The molecule has 0 N–H and O–H groups in total. The summed E-state index contributed by atoms with van der Waals surface area (Å²) in [6.45, 7) is 3.23. The minimum absolute atomic E-state index is 0.00505. The lowest BCUT2D eigenvalue weighted by Gasteiger charge is -2.42. The average molecular weight is 267 g/mol. The molecule has 0 aromatic heterocycles. The van der Waals surface area contributed by atoms with Gasteiger partial charge < -0.3 is 4.90 Å². The third-order valence-corrected chi connectivity index (χ3v) is 4.59. The van der Waals surface area contributed by atoms with Gasteiger partial charge in [-0.1, -0.05) is 66.8 Å². The van der Waals surface area contributed by atoms with Gasteiger partial charge >= 0.3 is 0 Å². The standard InChI is InChI=1S/C17H17NS/c1-17(13-8-4-3-5-9-13)12-18(2)16(19)14-10-6-7-11-15(14)17/h3-11H,12H2,1-2H3. The highest BCUT2D eigenvalue weighted by molar-refractivity contribution is 7.80. The summed E-state index contributed by atoms with van der Waals surface area (Å²) in [5.74, 6) is 0. The van der Waals surface area contributed by atoms with Crippen molar-refractivity contribution in [1.29, 1.82) is 0 Å². The summed E-state index contributed by atoms with van der Waals surface area (Å²) in [6, 6.07) is 19.2. The van der Waals surface area contributed by atoms with Gasteiger partial charge in [0.1, 0.15) is 4.99 Å². The fraction of sp³-hybridized carbons (Fsp3) is 0.235. The maximum Gasteiger partial charge on any atom is 0.109 e. The first-order valence-electron chi connectivity index (χ1n) is 6.53. The van der Waals surface area contributed by atoms with Gasteiger partial charge in [0.2, 0.25) is 0 Å². The van der Waals surface area contributed by atoms with Gasteiger partial charge in [-0.05, 0) is 18.1 Å². The quantitative estimate of drug-likeness (QED) is 0.726. The van der Waals surface area contributed by atoms with Crippen molar-refractivity contribution in [3.8, 4) is 0 Å². The smallest absolute Gasteiger partial charge is 0.109 e. The number of thiocarbonyl (C=S) groups is 1. The number of likely N-dealkylation sites (N-methyl/N-ethyl adjacent to an activating group) is 1. The summed E-state index contributed by atoms with van der Waals surface area (Å²) in [7, 11) is 2.08. The Balaban J connectivity index is 2.23. The molecule has 1 heterocycles. The molecular weight excluding hydrogens is 250 g/mol. The van der Waals surface area contributed by atoms with Gasteiger partial charge in [-0.2, -0.15) is 0 Å². The molecule has 0 fully saturated rings. The molecule has 1 nitrogen and oxygen atoms in total. The summed E-state index contributed by atoms with van der Waals surface area (Å²) >= 11 is 5.56. The highest BCUT2D eigenvalue weighted by Crippen LogP contribution is 2.38. The van der Waals surface area contributed by atoms with E-state index >= 15 is 0 Å². The topological polar surface area (TPSA) is 3.24 Å². The largest absolute Gasteiger partial charge is 0.364 e. The molecule has 2 heteroatoms. The van der Waals surface area contributed by atoms with E-state index in [4.69, 9.17) is 12.2 Å². The van der Waals surface area contributed by atoms with Crippen LogP contribution < -0.4 is 0 Å². The lowest BCUT2D eigenvalue weighted by molar-refractivity contribution is 0.384. The minimum atomic E-state index is -0.00505. The molecule has 0 saturated carbocycles. The predicted octanol–water partition coefficient (Wildman–Crippen LogP) is 3.61. The summed E-state index contributed by atoms with van der Waals surface area (Å²) < 4.78 is 0. The van der Waals surface area contributed by atoms with E-state index in [1.165, 1.54) is 16.7 Å². The molecule has 19 heavy (non-hydrogen) atoms. The minimum Gasteiger partial charge on any atom is -0.364 e. The molecule has 0 amide bonds. The Labute approximate surface area is 119 Å². The maximum atomic E-state index is 5.56. The third kappa shape index (κ3) is 1.87. The van der Waals surface area contributed by atoms with Crippen LogP contribution in [0.2, 0.25) is 0 Å². The summed E-state index contributed by atoms with van der Waals surface area (Å²) in [5, 5.41) is 0. The predicted molar refractivity (Wildman–Crippen MR) is 83.7 cm³/mol. The zero-order chi connectivity index (χ0) is 13.5. The Kier molecular flexibility index (Phi) is 2.90. The number of benzene rings is 2. The Bertz CT molecular complexity index is 620. The molecule has 1 unspecified atom stereocenters. The Hall–Kier alpha value is -1.67. The molecule has 3 rings (SSSR count). The van der Waals surface area contributed by atoms with Crippen LogP contribution in [0.4, 0.5) is 0 Å². The van der Waals surface area contributed by atoms with E-state index in [0.29, 0.717) is 0 Å². The molecule has 96 valence electrons. The van der Waals surface area contributed by atoms with E-state index < -0.39 is 0 Å². The average Bonchev–Trinajstić information content (AvgIpc) is 2.46. The molecule has 2 aromatic carbocycles. The van der Waals surface area contributed by atoms with Crippen molar-refractivity contribution in [3.63, 3.8) is 0 Å². The lowest BCUT2D eigenvalue weighted by Crippen LogP contribution is -2.46. The summed E-state index contributed by atoms with van der Waals surface area (Å²) in [4.78, 5) is 3.13. The van der Waals surface area contributed by atoms with Gasteiger partial charge in [-0.25, -0.2) is 0 Å². The van der Waals surface area contributed by atoms with Crippen molar-refractivity contribution in [3.05, 3.63) is 71.3 Å². The van der Waals surface area contributed by atoms with Crippen molar-refractivity contribution in [2.75, 3.05) is 13.6 Å². The van der Waals surface area contributed by atoms with Crippen LogP contribution >= 0.6 is 12.2 Å². The molecule has 0 bridgehead atoms. The fourth-order valence-corrected chi connectivity index (χ4v) is 3.28. The SMILES string of the molecule is CN1CC(C)(c2ccccc2)c2ccccc2C1=S. The molecular formula is C17H17NS. The van der Waals surface area contributed by atoms with Crippen LogP contribution in [0, 0.1) is 0 Å². The van der Waals surface area contributed by atoms with Crippen LogP contribution in [-0.2, 0) is 5.41 Å². The fourth-order valence-electron chi connectivity index (χ4n) is 3.04. The summed E-state index contributed by atoms with van der Waals surface area (Å²) in [6.07, 6.45) is 0. The first kappa shape index (κ1) is 12.4. The van der Waals surface area contributed by atoms with Crippen molar-refractivity contribution in [2.24, 2.45) is 0 Å². The van der Waals surface area contributed by atoms with Crippen LogP contribution in [0.25, 0.3) is 0 Å². The third-order valence-electron chi connectivity index (χ3n) is 4.06. The molecule has 1 atom stereocenters. The van der Waals surface area contributed by atoms with Crippen LogP contribution in [0.5, 0.6) is 0 Å². The van der Waals surface area contributed by atoms with Gasteiger partial charge in [0.05, 0.1) is 0 Å². The van der Waals surface area contributed by atoms with Gasteiger partial charge in [-0.3, -0.25) is 0 Å². The Morgan fingerprint density at radius 3 is 2.37 bits per heavy atom. The second kappa shape index (κ2) is 4.46. The number of hydrogen-bond acceptors (Lipinski definition) is 1. The van der Waals surface area contributed by atoms with E-state index in [1.807, 2.05) is 0 Å². The summed E-state index contributed by atoms with van der Waals surface area (Å²) in [5.41, 5.74) is 3.87. The van der Waals surface area contributed by atoms with E-state index in [0.717, 1.165) is 11.5 Å². The maximum absolute atomic E-state index is 5.56. The molecule has 1 aliphatic heterocycles. The van der Waals surface area contributed by atoms with Gasteiger partial charge in [0.25, 0.3) is 0 Å². The van der Waals surface area contributed by atoms with Crippen molar-refractivity contribution >= 4 is 17.2 Å². The Morgan fingerprint density at radius 1 is 1.00 bits per heavy atom. The zero-order valence-corrected chi connectivity index (χ0v) is 12.1. The van der Waals surface area contributed by atoms with E-state index in [2.05, 4.69) is 73.5 Å². The lowest BCUT2D eigenvalue weighted by atomic mass is 9.72. The monoisotopic (exact) mass is 267 g/mol. The molecule has 0 saturated heterocycles. The molecule has 2 aromatic rings. The zero-order valence-electron chi connectivity index (χ0n) is 11.3. The van der Waals surface area contributed by atoms with Crippen LogP contribution in [-0.4, -0.2) is 23.5 Å². The van der Waals surface area contributed by atoms with Crippen LogP contribution in [0.15, 0.2) is 54.6 Å². The first-order chi connectivity index (χ1) is 9.13. The van der Waals surface area contributed by atoms with E-state index in [-0.39, 0.29) is 5.41 Å². The second-order valence-electron chi connectivity index (χ2n) is 5.40. The van der Waals surface area contributed by atoms with E-state index in [9.17, 15) is 0 Å².